The molecule has 1 aromatic rings. The highest BCUT2D eigenvalue weighted by molar-refractivity contribution is 5.82. The molecule has 0 radical (unpaired) electrons. The van der Waals surface area contributed by atoms with Gasteiger partial charge in [0.25, 0.3) is 0 Å². The van der Waals surface area contributed by atoms with Gasteiger partial charge in [-0.25, -0.2) is 9.59 Å². The van der Waals surface area contributed by atoms with Gasteiger partial charge in [0.1, 0.15) is 12.7 Å². The second-order valence-corrected chi connectivity index (χ2v) is 4.52. The summed E-state index contributed by atoms with van der Waals surface area (Å²) in [4.78, 5) is 34.4. The van der Waals surface area contributed by atoms with E-state index < -0.39 is 30.2 Å². The number of methoxy groups -OCH3 is 1. The van der Waals surface area contributed by atoms with Crippen LogP contribution >= 0.6 is 0 Å². The predicted molar refractivity (Wildman–Crippen MR) is 76.8 cm³/mol. The average molecular weight is 309 g/mol. The molecule has 0 unspecified atom stereocenters. The lowest BCUT2D eigenvalue weighted by atomic mass is 10.2. The average Bonchev–Trinajstić information content (AvgIpc) is 2.50. The molecule has 0 heterocycles. The maximum absolute atomic E-state index is 11.8. The van der Waals surface area contributed by atoms with Crippen molar-refractivity contribution in [2.24, 2.45) is 0 Å². The Kier molecular flexibility index (Phi) is 6.88. The zero-order chi connectivity index (χ0) is 16.5. The molecule has 7 heteroatoms. The molecule has 0 fully saturated rings. The molecule has 0 aromatic heterocycles. The van der Waals surface area contributed by atoms with E-state index in [2.05, 4.69) is 10.1 Å². The summed E-state index contributed by atoms with van der Waals surface area (Å²) in [5.41, 5.74) is 0.806. The highest BCUT2D eigenvalue weighted by atomic mass is 16.6. The van der Waals surface area contributed by atoms with Gasteiger partial charge in [0, 0.05) is 6.92 Å². The van der Waals surface area contributed by atoms with Gasteiger partial charge in [0.15, 0.2) is 6.04 Å². The van der Waals surface area contributed by atoms with Crippen molar-refractivity contribution in [3.05, 3.63) is 35.9 Å². The van der Waals surface area contributed by atoms with Crippen LogP contribution in [0.3, 0.4) is 0 Å². The maximum atomic E-state index is 11.8. The molecule has 0 spiro atoms. The van der Waals surface area contributed by atoms with Gasteiger partial charge >= 0.3 is 18.0 Å². The first kappa shape index (κ1) is 17.5. The third-order valence-corrected chi connectivity index (χ3v) is 2.76. The number of ether oxygens (including phenoxy) is 3. The first-order valence-electron chi connectivity index (χ1n) is 6.66. The summed E-state index contributed by atoms with van der Waals surface area (Å²) in [7, 11) is 1.17. The Hall–Kier alpha value is -2.57. The normalized spacial score (nSPS) is 12.7. The van der Waals surface area contributed by atoms with E-state index in [-0.39, 0.29) is 6.61 Å². The van der Waals surface area contributed by atoms with Gasteiger partial charge in [-0.15, -0.1) is 0 Å². The van der Waals surface area contributed by atoms with E-state index in [9.17, 15) is 14.4 Å². The van der Waals surface area contributed by atoms with Crippen LogP contribution in [0.25, 0.3) is 0 Å². The molecule has 0 bridgehead atoms. The molecule has 0 saturated carbocycles. The van der Waals surface area contributed by atoms with Crippen molar-refractivity contribution in [3.8, 4) is 0 Å². The Bertz CT molecular complexity index is 516. The van der Waals surface area contributed by atoms with E-state index in [0.29, 0.717) is 0 Å². The van der Waals surface area contributed by atoms with Crippen molar-refractivity contribution in [1.29, 1.82) is 0 Å². The van der Waals surface area contributed by atoms with Crippen molar-refractivity contribution >= 4 is 18.0 Å². The minimum Gasteiger partial charge on any atom is -0.467 e. The monoisotopic (exact) mass is 309 g/mol. The van der Waals surface area contributed by atoms with Crippen molar-refractivity contribution in [1.82, 2.24) is 5.32 Å². The van der Waals surface area contributed by atoms with Crippen LogP contribution < -0.4 is 5.32 Å². The smallest absolute Gasteiger partial charge is 0.408 e. The summed E-state index contributed by atoms with van der Waals surface area (Å²) in [6.45, 7) is 2.74. The molecule has 0 aliphatic rings. The van der Waals surface area contributed by atoms with Crippen molar-refractivity contribution in [3.63, 3.8) is 0 Å². The zero-order valence-electron chi connectivity index (χ0n) is 12.7. The van der Waals surface area contributed by atoms with Crippen LogP contribution in [0.4, 0.5) is 4.79 Å². The van der Waals surface area contributed by atoms with Crippen LogP contribution in [-0.2, 0) is 30.4 Å². The summed E-state index contributed by atoms with van der Waals surface area (Å²) in [5.74, 6) is -1.30. The number of rotatable bonds is 6. The van der Waals surface area contributed by atoms with Gasteiger partial charge < -0.3 is 19.5 Å². The summed E-state index contributed by atoms with van der Waals surface area (Å²) in [6.07, 6.45) is -1.69. The van der Waals surface area contributed by atoms with Gasteiger partial charge in [0.05, 0.1) is 7.11 Å². The number of hydrogen-bond acceptors (Lipinski definition) is 6. The Morgan fingerprint density at radius 1 is 1.18 bits per heavy atom. The summed E-state index contributed by atoms with van der Waals surface area (Å²) in [5, 5.41) is 2.33. The number of esters is 2. The number of carbonyl (C=O) groups is 3. The van der Waals surface area contributed by atoms with Gasteiger partial charge in [-0.1, -0.05) is 30.3 Å². The topological polar surface area (TPSA) is 90.9 Å². The zero-order valence-corrected chi connectivity index (χ0v) is 12.7. The van der Waals surface area contributed by atoms with Gasteiger partial charge in [-0.05, 0) is 12.5 Å². The fourth-order valence-electron chi connectivity index (χ4n) is 1.72. The molecular formula is C15H19NO6. The minimum absolute atomic E-state index is 0.0580. The second-order valence-electron chi connectivity index (χ2n) is 4.52. The fraction of sp³-hybridized carbons (Fsp3) is 0.400. The number of hydrogen-bond donors (Lipinski definition) is 1. The van der Waals surface area contributed by atoms with E-state index in [4.69, 9.17) is 9.47 Å². The molecule has 7 nitrogen and oxygen atoms in total. The molecule has 120 valence electrons. The van der Waals surface area contributed by atoms with Gasteiger partial charge in [0.2, 0.25) is 0 Å². The van der Waals surface area contributed by atoms with Crippen molar-refractivity contribution in [2.45, 2.75) is 32.6 Å². The molecule has 1 aromatic carbocycles. The number of benzene rings is 1. The molecule has 22 heavy (non-hydrogen) atoms. The lowest BCUT2D eigenvalue weighted by Gasteiger charge is -2.22. The quantitative estimate of drug-likeness (QED) is 0.631. The fourth-order valence-corrected chi connectivity index (χ4v) is 1.72. The molecule has 1 rings (SSSR count). The largest absolute Gasteiger partial charge is 0.467 e. The summed E-state index contributed by atoms with van der Waals surface area (Å²) in [6, 6.07) is 7.93. The molecule has 0 aliphatic carbocycles. The lowest BCUT2D eigenvalue weighted by molar-refractivity contribution is -0.154. The van der Waals surface area contributed by atoms with Crippen LogP contribution in [0, 0.1) is 0 Å². The Labute approximate surface area is 128 Å². The molecule has 1 amide bonds. The van der Waals surface area contributed by atoms with Crippen LogP contribution in [0.1, 0.15) is 19.4 Å². The third-order valence-electron chi connectivity index (χ3n) is 2.76. The molecule has 0 saturated heterocycles. The number of amides is 1. The Morgan fingerprint density at radius 3 is 2.36 bits per heavy atom. The van der Waals surface area contributed by atoms with Crippen LogP contribution in [0.15, 0.2) is 30.3 Å². The predicted octanol–water partition coefficient (Wildman–Crippen LogP) is 1.41. The third kappa shape index (κ3) is 5.82. The minimum atomic E-state index is -1.14. The van der Waals surface area contributed by atoms with E-state index in [1.807, 2.05) is 18.2 Å². The van der Waals surface area contributed by atoms with Gasteiger partial charge in [-0.2, -0.15) is 0 Å². The van der Waals surface area contributed by atoms with E-state index in [1.165, 1.54) is 21.0 Å². The highest BCUT2D eigenvalue weighted by Crippen LogP contribution is 2.04. The first-order valence-corrected chi connectivity index (χ1v) is 6.66. The Morgan fingerprint density at radius 2 is 1.82 bits per heavy atom. The van der Waals surface area contributed by atoms with E-state index in [1.54, 1.807) is 12.1 Å². The Balaban J connectivity index is 2.58. The SMILES string of the molecule is COC(=O)[C@@H](NC(=O)OCc1ccccc1)[C@@H](C)OC(C)=O. The summed E-state index contributed by atoms with van der Waals surface area (Å²) >= 11 is 0. The van der Waals surface area contributed by atoms with E-state index >= 15 is 0 Å². The number of alkyl carbamates (subject to hydrolysis) is 1. The van der Waals surface area contributed by atoms with E-state index in [0.717, 1.165) is 5.56 Å². The molecule has 2 atom stereocenters. The van der Waals surface area contributed by atoms with Crippen LogP contribution in [0.2, 0.25) is 0 Å². The molecule has 0 aliphatic heterocycles. The highest BCUT2D eigenvalue weighted by Gasteiger charge is 2.30. The number of nitrogens with one attached hydrogen (secondary N) is 1. The second kappa shape index (κ2) is 8.66. The standard InChI is InChI=1S/C15H19NO6/c1-10(22-11(2)17)13(14(18)20-3)16-15(19)21-9-12-7-5-4-6-8-12/h4-8,10,13H,9H2,1-3H3,(H,16,19)/t10-,13+/m1/s1. The maximum Gasteiger partial charge on any atom is 0.408 e. The van der Waals surface area contributed by atoms with Crippen LogP contribution in [-0.4, -0.2) is 37.3 Å². The van der Waals surface area contributed by atoms with Crippen molar-refractivity contribution in [2.75, 3.05) is 7.11 Å². The summed E-state index contributed by atoms with van der Waals surface area (Å²) < 4.78 is 14.5. The van der Waals surface area contributed by atoms with Crippen LogP contribution in [0.5, 0.6) is 0 Å². The van der Waals surface area contributed by atoms with Crippen molar-refractivity contribution < 1.29 is 28.6 Å². The molecular weight excluding hydrogens is 290 g/mol. The van der Waals surface area contributed by atoms with Gasteiger partial charge in [-0.3, -0.25) is 4.79 Å². The lowest BCUT2D eigenvalue weighted by Crippen LogP contribution is -2.49. The first-order chi connectivity index (χ1) is 10.4. The number of carbonyl (C=O) groups excluding carboxylic acids is 3. The molecule has 1 N–H and O–H groups in total.